The number of nitrogens with zero attached hydrogens (tertiary/aromatic N) is 1. The highest BCUT2D eigenvalue weighted by Gasteiger charge is 2.35. The minimum absolute atomic E-state index is 0.0522. The molecule has 0 aromatic heterocycles. The summed E-state index contributed by atoms with van der Waals surface area (Å²) in [7, 11) is -3.87. The molecule has 0 spiro atoms. The van der Waals surface area contributed by atoms with E-state index >= 15 is 0 Å². The molecule has 196 valence electrons. The Morgan fingerprint density at radius 1 is 0.973 bits per heavy atom. The number of carbonyl (C=O) groups is 1. The second-order valence-electron chi connectivity index (χ2n) is 9.93. The van der Waals surface area contributed by atoms with Gasteiger partial charge in [0, 0.05) is 18.1 Å². The molecule has 1 aliphatic carbocycles. The lowest BCUT2D eigenvalue weighted by Gasteiger charge is -2.35. The van der Waals surface area contributed by atoms with E-state index in [9.17, 15) is 13.2 Å². The number of hydrogen-bond acceptors (Lipinski definition) is 3. The first-order chi connectivity index (χ1) is 17.6. The van der Waals surface area contributed by atoms with Gasteiger partial charge in [0.15, 0.2) is 0 Å². The first-order valence-corrected chi connectivity index (χ1v) is 14.7. The molecule has 5 nitrogen and oxygen atoms in total. The second kappa shape index (κ2) is 12.0. The van der Waals surface area contributed by atoms with Crippen LogP contribution in [0, 0.1) is 18.8 Å². The zero-order valence-corrected chi connectivity index (χ0v) is 23.1. The molecule has 0 saturated heterocycles. The van der Waals surface area contributed by atoms with Crippen LogP contribution in [0.1, 0.15) is 48.3 Å². The average molecular weight is 560 g/mol. The van der Waals surface area contributed by atoms with E-state index in [4.69, 9.17) is 28.9 Å². The van der Waals surface area contributed by atoms with Gasteiger partial charge in [-0.2, -0.15) is 4.31 Å². The summed E-state index contributed by atoms with van der Waals surface area (Å²) in [5, 5.41) is 0.492. The molecular formula is C29H32Cl2N2O3S. The number of rotatable bonds is 9. The van der Waals surface area contributed by atoms with Crippen LogP contribution in [-0.2, 0) is 21.4 Å². The molecule has 2 N–H and O–H groups in total. The first-order valence-electron chi connectivity index (χ1n) is 12.5. The van der Waals surface area contributed by atoms with Crippen LogP contribution in [0.5, 0.6) is 0 Å². The highest BCUT2D eigenvalue weighted by molar-refractivity contribution is 7.89. The third-order valence-electron chi connectivity index (χ3n) is 7.28. The Morgan fingerprint density at radius 2 is 1.62 bits per heavy atom. The van der Waals surface area contributed by atoms with Gasteiger partial charge in [0.25, 0.3) is 0 Å². The largest absolute Gasteiger partial charge is 0.369 e. The quantitative estimate of drug-likeness (QED) is 0.322. The van der Waals surface area contributed by atoms with Gasteiger partial charge in [0.05, 0.1) is 10.9 Å². The number of nitrogens with two attached hydrogens (primary N) is 1. The molecule has 1 saturated carbocycles. The van der Waals surface area contributed by atoms with Crippen molar-refractivity contribution in [2.24, 2.45) is 17.6 Å². The molecule has 0 heterocycles. The zero-order chi connectivity index (χ0) is 26.6. The number of carbonyl (C=O) groups excluding carboxylic acids is 1. The highest BCUT2D eigenvalue weighted by Crippen LogP contribution is 2.39. The smallest absolute Gasteiger partial charge is 0.244 e. The summed E-state index contributed by atoms with van der Waals surface area (Å²) in [6.07, 6.45) is 3.26. The van der Waals surface area contributed by atoms with E-state index in [1.54, 1.807) is 6.07 Å². The van der Waals surface area contributed by atoms with Crippen LogP contribution in [0.3, 0.4) is 0 Å². The molecular weight excluding hydrogens is 527 g/mol. The SMILES string of the molecule is Cc1ccc(C(C(N)=O)C2CCC(CN(Cc3ccccc3)S(=O)(=O)c3ccc(Cl)cc3Cl)CC2)cc1. The third-order valence-corrected chi connectivity index (χ3v) is 9.81. The third kappa shape index (κ3) is 6.74. The van der Waals surface area contributed by atoms with Crippen molar-refractivity contribution in [3.05, 3.63) is 99.5 Å². The molecule has 1 unspecified atom stereocenters. The fourth-order valence-electron chi connectivity index (χ4n) is 5.29. The van der Waals surface area contributed by atoms with Crippen molar-refractivity contribution < 1.29 is 13.2 Å². The number of halogens is 2. The number of aryl methyl sites for hydroxylation is 1. The number of primary amides is 1. The van der Waals surface area contributed by atoms with Crippen LogP contribution in [0.15, 0.2) is 77.7 Å². The van der Waals surface area contributed by atoms with Crippen LogP contribution >= 0.6 is 23.2 Å². The van der Waals surface area contributed by atoms with E-state index in [0.717, 1.165) is 42.4 Å². The van der Waals surface area contributed by atoms with Crippen LogP contribution < -0.4 is 5.73 Å². The van der Waals surface area contributed by atoms with Crippen molar-refractivity contribution >= 4 is 39.1 Å². The first kappa shape index (κ1) is 27.6. The number of benzene rings is 3. The molecule has 0 aliphatic heterocycles. The minimum atomic E-state index is -3.87. The van der Waals surface area contributed by atoms with E-state index in [1.807, 2.05) is 61.5 Å². The summed E-state index contributed by atoms with van der Waals surface area (Å²) >= 11 is 12.3. The Morgan fingerprint density at radius 3 is 2.22 bits per heavy atom. The predicted molar refractivity (Wildman–Crippen MR) is 149 cm³/mol. The van der Waals surface area contributed by atoms with Crippen LogP contribution in [-0.4, -0.2) is 25.2 Å². The molecule has 3 aromatic carbocycles. The monoisotopic (exact) mass is 558 g/mol. The second-order valence-corrected chi connectivity index (χ2v) is 12.7. The van der Waals surface area contributed by atoms with Gasteiger partial charge in [-0.25, -0.2) is 8.42 Å². The molecule has 3 aromatic rings. The predicted octanol–water partition coefficient (Wildman–Crippen LogP) is 6.57. The van der Waals surface area contributed by atoms with Gasteiger partial charge in [0.1, 0.15) is 4.90 Å². The van der Waals surface area contributed by atoms with E-state index in [0.29, 0.717) is 11.6 Å². The maximum atomic E-state index is 13.8. The Labute approximate surface area is 229 Å². The fourth-order valence-corrected chi connectivity index (χ4v) is 7.54. The molecule has 4 rings (SSSR count). The summed E-state index contributed by atoms with van der Waals surface area (Å²) < 4.78 is 29.0. The van der Waals surface area contributed by atoms with Crippen molar-refractivity contribution in [2.45, 2.75) is 50.0 Å². The lowest BCUT2D eigenvalue weighted by Crippen LogP contribution is -2.37. The molecule has 1 fully saturated rings. The summed E-state index contributed by atoms with van der Waals surface area (Å²) in [6, 6.07) is 22.0. The van der Waals surface area contributed by atoms with Crippen molar-refractivity contribution in [2.75, 3.05) is 6.54 Å². The maximum absolute atomic E-state index is 13.8. The van der Waals surface area contributed by atoms with Gasteiger partial charge in [-0.05, 0) is 73.8 Å². The van der Waals surface area contributed by atoms with Gasteiger partial charge in [0.2, 0.25) is 15.9 Å². The molecule has 8 heteroatoms. The highest BCUT2D eigenvalue weighted by atomic mass is 35.5. The number of sulfonamides is 1. The van der Waals surface area contributed by atoms with Gasteiger partial charge >= 0.3 is 0 Å². The summed E-state index contributed by atoms with van der Waals surface area (Å²) in [5.41, 5.74) is 8.82. The van der Waals surface area contributed by atoms with Crippen LogP contribution in [0.25, 0.3) is 0 Å². The van der Waals surface area contributed by atoms with E-state index in [1.165, 1.54) is 16.4 Å². The lowest BCUT2D eigenvalue weighted by molar-refractivity contribution is -0.121. The van der Waals surface area contributed by atoms with Gasteiger partial charge < -0.3 is 5.73 Å². The molecule has 1 atom stereocenters. The number of hydrogen-bond donors (Lipinski definition) is 1. The summed E-state index contributed by atoms with van der Waals surface area (Å²) in [6.45, 7) is 2.63. The zero-order valence-electron chi connectivity index (χ0n) is 20.8. The Bertz CT molecular complexity index is 1320. The standard InChI is InChI=1S/C29H32Cl2N2O3S/c1-20-7-11-23(12-8-20)28(29(32)34)24-13-9-22(10-14-24)19-33(18-21-5-3-2-4-6-21)37(35,36)27-16-15-25(30)17-26(27)31/h2-8,11-12,15-17,22,24,28H,9-10,13-14,18-19H2,1H3,(H2,32,34). The Kier molecular flexibility index (Phi) is 8.96. The van der Waals surface area contributed by atoms with Crippen molar-refractivity contribution in [1.82, 2.24) is 4.31 Å². The topological polar surface area (TPSA) is 80.5 Å². The van der Waals surface area contributed by atoms with Crippen molar-refractivity contribution in [1.29, 1.82) is 0 Å². The fraction of sp³-hybridized carbons (Fsp3) is 0.345. The normalized spacial score (nSPS) is 19.0. The minimum Gasteiger partial charge on any atom is -0.369 e. The Balaban J connectivity index is 1.52. The maximum Gasteiger partial charge on any atom is 0.244 e. The molecule has 0 radical (unpaired) electrons. The summed E-state index contributed by atoms with van der Waals surface area (Å²) in [4.78, 5) is 12.5. The van der Waals surface area contributed by atoms with Gasteiger partial charge in [-0.3, -0.25) is 4.79 Å². The van der Waals surface area contributed by atoms with Crippen molar-refractivity contribution in [3.63, 3.8) is 0 Å². The van der Waals surface area contributed by atoms with Crippen LogP contribution in [0.2, 0.25) is 10.0 Å². The lowest BCUT2D eigenvalue weighted by atomic mass is 9.73. The Hall–Kier alpha value is -2.38. The molecule has 0 bridgehead atoms. The van der Waals surface area contributed by atoms with Crippen molar-refractivity contribution in [3.8, 4) is 0 Å². The average Bonchev–Trinajstić information content (AvgIpc) is 2.86. The van der Waals surface area contributed by atoms with Crippen LogP contribution in [0.4, 0.5) is 0 Å². The van der Waals surface area contributed by atoms with E-state index in [-0.39, 0.29) is 40.1 Å². The van der Waals surface area contributed by atoms with Gasteiger partial charge in [-0.1, -0.05) is 83.4 Å². The van der Waals surface area contributed by atoms with E-state index < -0.39 is 10.0 Å². The molecule has 1 amide bonds. The van der Waals surface area contributed by atoms with E-state index in [2.05, 4.69) is 0 Å². The summed E-state index contributed by atoms with van der Waals surface area (Å²) in [5.74, 6) is -0.342. The van der Waals surface area contributed by atoms with Gasteiger partial charge in [-0.15, -0.1) is 0 Å². The molecule has 37 heavy (non-hydrogen) atoms. The number of amides is 1. The molecule has 1 aliphatic rings.